The highest BCUT2D eigenvalue weighted by Gasteiger charge is 2.16. The molecule has 2 aromatic rings. The standard InChI is InChI=1S/C13H13ClN2O3S/c1-2-18-13(17)9-4-3-5-11(14)10(9)8-19-12-6-7-16(20)15-12/h3-7,20H,2,8H2,1H3. The largest absolute Gasteiger partial charge is 0.472 e. The molecule has 0 saturated heterocycles. The summed E-state index contributed by atoms with van der Waals surface area (Å²) in [6.07, 6.45) is 1.64. The zero-order valence-electron chi connectivity index (χ0n) is 10.7. The van der Waals surface area contributed by atoms with Crippen molar-refractivity contribution in [3.63, 3.8) is 0 Å². The summed E-state index contributed by atoms with van der Waals surface area (Å²) >= 11 is 10.1. The van der Waals surface area contributed by atoms with E-state index in [2.05, 4.69) is 17.9 Å². The van der Waals surface area contributed by atoms with Crippen molar-refractivity contribution >= 4 is 30.4 Å². The van der Waals surface area contributed by atoms with Crippen LogP contribution in [0.4, 0.5) is 0 Å². The Kier molecular flexibility index (Phi) is 4.92. The van der Waals surface area contributed by atoms with Gasteiger partial charge in [0.2, 0.25) is 5.88 Å². The molecule has 0 aliphatic carbocycles. The van der Waals surface area contributed by atoms with Crippen LogP contribution in [-0.4, -0.2) is 21.8 Å². The Bertz CT molecular complexity index is 615. The molecule has 5 nitrogen and oxygen atoms in total. The lowest BCUT2D eigenvalue weighted by atomic mass is 10.1. The molecule has 0 spiro atoms. The Morgan fingerprint density at radius 1 is 1.45 bits per heavy atom. The molecule has 1 aromatic carbocycles. The Labute approximate surface area is 127 Å². The van der Waals surface area contributed by atoms with Crippen molar-refractivity contribution in [2.45, 2.75) is 13.5 Å². The van der Waals surface area contributed by atoms with Crippen LogP contribution in [0.25, 0.3) is 0 Å². The number of halogens is 1. The van der Waals surface area contributed by atoms with Gasteiger partial charge >= 0.3 is 5.97 Å². The molecule has 0 atom stereocenters. The monoisotopic (exact) mass is 312 g/mol. The van der Waals surface area contributed by atoms with Crippen LogP contribution >= 0.6 is 24.4 Å². The van der Waals surface area contributed by atoms with Crippen LogP contribution in [0.5, 0.6) is 5.88 Å². The lowest BCUT2D eigenvalue weighted by Gasteiger charge is -2.10. The number of thiol groups is 1. The molecule has 0 saturated carbocycles. The molecule has 0 radical (unpaired) electrons. The highest BCUT2D eigenvalue weighted by molar-refractivity contribution is 7.78. The zero-order valence-corrected chi connectivity index (χ0v) is 12.4. The molecule has 0 amide bonds. The Morgan fingerprint density at radius 2 is 2.25 bits per heavy atom. The van der Waals surface area contributed by atoms with Crippen LogP contribution in [0.1, 0.15) is 22.8 Å². The molecular formula is C13H13ClN2O3S. The fraction of sp³-hybridized carbons (Fsp3) is 0.231. The van der Waals surface area contributed by atoms with Gasteiger partial charge < -0.3 is 9.47 Å². The maximum Gasteiger partial charge on any atom is 0.338 e. The third kappa shape index (κ3) is 3.46. The van der Waals surface area contributed by atoms with E-state index in [1.807, 2.05) is 0 Å². The highest BCUT2D eigenvalue weighted by atomic mass is 35.5. The predicted molar refractivity (Wildman–Crippen MR) is 78.4 cm³/mol. The maximum atomic E-state index is 11.9. The number of carbonyl (C=O) groups excluding carboxylic acids is 1. The van der Waals surface area contributed by atoms with Crippen LogP contribution in [0.15, 0.2) is 30.5 Å². The van der Waals surface area contributed by atoms with Crippen molar-refractivity contribution in [3.05, 3.63) is 46.6 Å². The van der Waals surface area contributed by atoms with Crippen molar-refractivity contribution in [2.75, 3.05) is 6.61 Å². The SMILES string of the molecule is CCOC(=O)c1cccc(Cl)c1COc1ccn(S)n1. The van der Waals surface area contributed by atoms with Gasteiger partial charge in [-0.15, -0.1) is 5.10 Å². The maximum absolute atomic E-state index is 11.9. The molecule has 0 aliphatic heterocycles. The first-order valence-corrected chi connectivity index (χ1v) is 6.72. The smallest absolute Gasteiger partial charge is 0.338 e. The van der Waals surface area contributed by atoms with E-state index in [9.17, 15) is 4.79 Å². The summed E-state index contributed by atoms with van der Waals surface area (Å²) in [7, 11) is 0. The van der Waals surface area contributed by atoms with Gasteiger partial charge in [0, 0.05) is 22.8 Å². The van der Waals surface area contributed by atoms with Gasteiger partial charge in [-0.05, 0) is 31.9 Å². The number of hydrogen-bond acceptors (Lipinski definition) is 5. The van der Waals surface area contributed by atoms with Crippen molar-refractivity contribution in [1.29, 1.82) is 0 Å². The van der Waals surface area contributed by atoms with E-state index in [0.29, 0.717) is 28.6 Å². The molecule has 1 aromatic heterocycles. The third-order valence-electron chi connectivity index (χ3n) is 2.53. The molecular weight excluding hydrogens is 300 g/mol. The Hall–Kier alpha value is -1.66. The molecule has 7 heteroatoms. The first-order chi connectivity index (χ1) is 9.61. The Balaban J connectivity index is 2.19. The summed E-state index contributed by atoms with van der Waals surface area (Å²) < 4.78 is 11.8. The number of esters is 1. The summed E-state index contributed by atoms with van der Waals surface area (Å²) in [5, 5.41) is 4.41. The van der Waals surface area contributed by atoms with Crippen LogP contribution in [0.2, 0.25) is 5.02 Å². The Morgan fingerprint density at radius 3 is 2.90 bits per heavy atom. The zero-order chi connectivity index (χ0) is 14.5. The molecule has 0 fully saturated rings. The van der Waals surface area contributed by atoms with E-state index in [4.69, 9.17) is 21.1 Å². The first kappa shape index (κ1) is 14.7. The topological polar surface area (TPSA) is 53.4 Å². The molecule has 0 N–H and O–H groups in total. The lowest BCUT2D eigenvalue weighted by molar-refractivity contribution is 0.0523. The van der Waals surface area contributed by atoms with Crippen LogP contribution in [0, 0.1) is 0 Å². The number of ether oxygens (including phenoxy) is 2. The average Bonchev–Trinajstić information content (AvgIpc) is 2.83. The van der Waals surface area contributed by atoms with Gasteiger partial charge in [-0.2, -0.15) is 0 Å². The summed E-state index contributed by atoms with van der Waals surface area (Å²) in [5.74, 6) is -0.0250. The van der Waals surface area contributed by atoms with E-state index < -0.39 is 5.97 Å². The average molecular weight is 313 g/mol. The lowest BCUT2D eigenvalue weighted by Crippen LogP contribution is -2.10. The van der Waals surface area contributed by atoms with E-state index in [1.54, 1.807) is 37.4 Å². The van der Waals surface area contributed by atoms with Gasteiger partial charge in [-0.3, -0.25) is 0 Å². The number of nitrogens with zero attached hydrogens (tertiary/aromatic N) is 2. The molecule has 20 heavy (non-hydrogen) atoms. The quantitative estimate of drug-likeness (QED) is 0.681. The molecule has 2 rings (SSSR count). The van der Waals surface area contributed by atoms with E-state index in [1.165, 1.54) is 4.09 Å². The second kappa shape index (κ2) is 6.67. The van der Waals surface area contributed by atoms with Crippen molar-refractivity contribution in [2.24, 2.45) is 0 Å². The molecule has 0 bridgehead atoms. The minimum atomic E-state index is -0.423. The van der Waals surface area contributed by atoms with Crippen molar-refractivity contribution in [1.82, 2.24) is 9.19 Å². The normalized spacial score (nSPS) is 10.3. The second-order valence-corrected chi connectivity index (χ2v) is 4.67. The summed E-state index contributed by atoms with van der Waals surface area (Å²) in [6, 6.07) is 6.70. The summed E-state index contributed by atoms with van der Waals surface area (Å²) in [5.41, 5.74) is 0.964. The van der Waals surface area contributed by atoms with Crippen LogP contribution in [0.3, 0.4) is 0 Å². The van der Waals surface area contributed by atoms with Crippen LogP contribution in [-0.2, 0) is 11.3 Å². The van der Waals surface area contributed by atoms with E-state index in [0.717, 1.165) is 0 Å². The van der Waals surface area contributed by atoms with Crippen LogP contribution < -0.4 is 4.74 Å². The summed E-state index contributed by atoms with van der Waals surface area (Å²) in [4.78, 5) is 11.9. The fourth-order valence-electron chi connectivity index (χ4n) is 1.63. The molecule has 106 valence electrons. The van der Waals surface area contributed by atoms with Crippen molar-refractivity contribution in [3.8, 4) is 5.88 Å². The number of rotatable bonds is 5. The van der Waals surface area contributed by atoms with Gasteiger partial charge in [0.15, 0.2) is 0 Å². The number of aromatic nitrogens is 2. The number of carbonyl (C=O) groups is 1. The number of benzene rings is 1. The van der Waals surface area contributed by atoms with Gasteiger partial charge in [0.25, 0.3) is 0 Å². The predicted octanol–water partition coefficient (Wildman–Crippen LogP) is 2.99. The van der Waals surface area contributed by atoms with Gasteiger partial charge in [0.05, 0.1) is 12.2 Å². The van der Waals surface area contributed by atoms with Gasteiger partial charge in [-0.1, -0.05) is 17.7 Å². The summed E-state index contributed by atoms with van der Waals surface area (Å²) in [6.45, 7) is 2.17. The molecule has 0 unspecified atom stereocenters. The fourth-order valence-corrected chi connectivity index (χ4v) is 2.01. The number of hydrogen-bond donors (Lipinski definition) is 1. The van der Waals surface area contributed by atoms with Crippen molar-refractivity contribution < 1.29 is 14.3 Å². The molecule has 1 heterocycles. The van der Waals surface area contributed by atoms with E-state index >= 15 is 0 Å². The van der Waals surface area contributed by atoms with Gasteiger partial charge in [-0.25, -0.2) is 8.88 Å². The van der Waals surface area contributed by atoms with Gasteiger partial charge in [0.1, 0.15) is 6.61 Å². The minimum Gasteiger partial charge on any atom is -0.472 e. The minimum absolute atomic E-state index is 0.124. The highest BCUT2D eigenvalue weighted by Crippen LogP contribution is 2.22. The second-order valence-electron chi connectivity index (χ2n) is 3.85. The molecule has 0 aliphatic rings. The first-order valence-electron chi connectivity index (χ1n) is 5.94. The van der Waals surface area contributed by atoms with E-state index in [-0.39, 0.29) is 6.61 Å². The third-order valence-corrected chi connectivity index (χ3v) is 3.11.